The van der Waals surface area contributed by atoms with Crippen LogP contribution < -0.4 is 15.8 Å². The van der Waals surface area contributed by atoms with Gasteiger partial charge in [0.15, 0.2) is 0 Å². The van der Waals surface area contributed by atoms with Crippen LogP contribution in [0.15, 0.2) is 35.0 Å². The summed E-state index contributed by atoms with van der Waals surface area (Å²) in [4.78, 5) is 11.7. The van der Waals surface area contributed by atoms with Gasteiger partial charge in [0, 0.05) is 6.54 Å². The fourth-order valence-electron chi connectivity index (χ4n) is 1.72. The fourth-order valence-corrected chi connectivity index (χ4v) is 2.57. The number of nitrogens with one attached hydrogen (secondary N) is 1. The largest absolute Gasteiger partial charge is 0.491 e. The Labute approximate surface area is 122 Å². The molecule has 3 N–H and O–H groups in total. The summed E-state index contributed by atoms with van der Waals surface area (Å²) in [5.41, 5.74) is 8.71. The lowest BCUT2D eigenvalue weighted by Gasteiger charge is -2.09. The Kier molecular flexibility index (Phi) is 5.01. The third-order valence-corrected chi connectivity index (χ3v) is 3.85. The number of carbonyl (C=O) groups excluding carboxylic acids is 1. The minimum atomic E-state index is -0.0231. The van der Waals surface area contributed by atoms with Gasteiger partial charge in [0.1, 0.15) is 5.75 Å². The van der Waals surface area contributed by atoms with E-state index in [-0.39, 0.29) is 5.91 Å². The second kappa shape index (κ2) is 6.96. The first kappa shape index (κ1) is 14.4. The molecule has 5 heteroatoms. The maximum atomic E-state index is 11.7. The third-order valence-electron chi connectivity index (χ3n) is 2.94. The molecule has 1 aromatic heterocycles. The van der Waals surface area contributed by atoms with E-state index in [1.807, 2.05) is 19.1 Å². The van der Waals surface area contributed by atoms with Gasteiger partial charge in [-0.2, -0.15) is 11.3 Å². The van der Waals surface area contributed by atoms with E-state index in [0.717, 1.165) is 5.56 Å². The van der Waals surface area contributed by atoms with Crippen LogP contribution >= 0.6 is 11.3 Å². The standard InChI is InChI=1S/C15H18N2O2S/c1-11-9-20-10-12(11)8-17-15(18)6-7-19-14-5-3-2-4-13(14)16/h2-5,9-10H,6-8,16H2,1H3,(H,17,18). The smallest absolute Gasteiger partial charge is 0.223 e. The Morgan fingerprint density at radius 3 is 2.85 bits per heavy atom. The van der Waals surface area contributed by atoms with Crippen LogP contribution in [0.5, 0.6) is 5.75 Å². The Morgan fingerprint density at radius 2 is 2.15 bits per heavy atom. The summed E-state index contributed by atoms with van der Waals surface area (Å²) in [6, 6.07) is 7.26. The molecular formula is C15H18N2O2S. The Hall–Kier alpha value is -2.01. The van der Waals surface area contributed by atoms with Crippen LogP contribution in [0.1, 0.15) is 17.5 Å². The van der Waals surface area contributed by atoms with Crippen molar-refractivity contribution in [1.29, 1.82) is 0 Å². The van der Waals surface area contributed by atoms with Crippen LogP contribution in [0.4, 0.5) is 5.69 Å². The lowest BCUT2D eigenvalue weighted by Crippen LogP contribution is -2.24. The van der Waals surface area contributed by atoms with Gasteiger partial charge in [-0.25, -0.2) is 0 Å². The van der Waals surface area contributed by atoms with Crippen LogP contribution in [0.25, 0.3) is 0 Å². The fraction of sp³-hybridized carbons (Fsp3) is 0.267. The van der Waals surface area contributed by atoms with E-state index in [4.69, 9.17) is 10.5 Å². The second-order valence-corrected chi connectivity index (χ2v) is 5.24. The van der Waals surface area contributed by atoms with Gasteiger partial charge >= 0.3 is 0 Å². The average molecular weight is 290 g/mol. The Balaban J connectivity index is 1.71. The molecule has 0 bridgehead atoms. The number of carbonyl (C=O) groups is 1. The second-order valence-electron chi connectivity index (χ2n) is 4.49. The van der Waals surface area contributed by atoms with Crippen molar-refractivity contribution in [3.63, 3.8) is 0 Å². The number of benzene rings is 1. The molecule has 0 atom stereocenters. The normalized spacial score (nSPS) is 10.2. The molecule has 0 saturated carbocycles. The SMILES string of the molecule is Cc1cscc1CNC(=O)CCOc1ccccc1N. The number of thiophene rings is 1. The van der Waals surface area contributed by atoms with E-state index in [1.165, 1.54) is 5.56 Å². The molecule has 0 aliphatic heterocycles. The highest BCUT2D eigenvalue weighted by Gasteiger charge is 2.05. The van der Waals surface area contributed by atoms with E-state index in [0.29, 0.717) is 31.0 Å². The molecule has 0 unspecified atom stereocenters. The number of hydrogen-bond acceptors (Lipinski definition) is 4. The summed E-state index contributed by atoms with van der Waals surface area (Å²) in [6.07, 6.45) is 0.317. The highest BCUT2D eigenvalue weighted by Crippen LogP contribution is 2.19. The molecule has 0 radical (unpaired) electrons. The van der Waals surface area contributed by atoms with Crippen LogP contribution in [-0.2, 0) is 11.3 Å². The number of aryl methyl sites for hydroxylation is 1. The predicted molar refractivity (Wildman–Crippen MR) is 81.9 cm³/mol. The number of ether oxygens (including phenoxy) is 1. The zero-order valence-corrected chi connectivity index (χ0v) is 12.2. The van der Waals surface area contributed by atoms with Gasteiger partial charge in [-0.15, -0.1) is 0 Å². The quantitative estimate of drug-likeness (QED) is 0.804. The van der Waals surface area contributed by atoms with E-state index >= 15 is 0 Å². The number of anilines is 1. The maximum absolute atomic E-state index is 11.7. The first-order valence-corrected chi connectivity index (χ1v) is 7.37. The van der Waals surface area contributed by atoms with Crippen LogP contribution in [-0.4, -0.2) is 12.5 Å². The monoisotopic (exact) mass is 290 g/mol. The van der Waals surface area contributed by atoms with E-state index in [2.05, 4.69) is 16.1 Å². The molecule has 0 aliphatic rings. The summed E-state index contributed by atoms with van der Waals surface area (Å²) in [6.45, 7) is 2.93. The molecule has 2 rings (SSSR count). The van der Waals surface area contributed by atoms with Gasteiger partial charge in [-0.05, 0) is 40.9 Å². The number of para-hydroxylation sites is 2. The number of amides is 1. The molecular weight excluding hydrogens is 272 g/mol. The molecule has 0 saturated heterocycles. The van der Waals surface area contributed by atoms with Crippen molar-refractivity contribution in [3.05, 3.63) is 46.2 Å². The van der Waals surface area contributed by atoms with Crippen molar-refractivity contribution in [2.45, 2.75) is 19.9 Å². The molecule has 1 aromatic carbocycles. The van der Waals surface area contributed by atoms with E-state index in [1.54, 1.807) is 23.5 Å². The van der Waals surface area contributed by atoms with Crippen molar-refractivity contribution < 1.29 is 9.53 Å². The number of nitrogen functional groups attached to an aromatic ring is 1. The first-order chi connectivity index (χ1) is 9.66. The van der Waals surface area contributed by atoms with Gasteiger partial charge in [0.2, 0.25) is 5.91 Å². The lowest BCUT2D eigenvalue weighted by molar-refractivity contribution is -0.121. The average Bonchev–Trinajstić information content (AvgIpc) is 2.84. The van der Waals surface area contributed by atoms with Gasteiger partial charge in [0.25, 0.3) is 0 Å². The summed E-state index contributed by atoms with van der Waals surface area (Å²) < 4.78 is 5.48. The zero-order valence-electron chi connectivity index (χ0n) is 11.4. The molecule has 0 fully saturated rings. The highest BCUT2D eigenvalue weighted by molar-refractivity contribution is 7.08. The van der Waals surface area contributed by atoms with Crippen molar-refractivity contribution >= 4 is 22.9 Å². The molecule has 1 heterocycles. The predicted octanol–water partition coefficient (Wildman–Crippen LogP) is 2.72. The summed E-state index contributed by atoms with van der Waals surface area (Å²) in [5.74, 6) is 0.596. The summed E-state index contributed by atoms with van der Waals surface area (Å²) >= 11 is 1.64. The maximum Gasteiger partial charge on any atom is 0.223 e. The molecule has 106 valence electrons. The van der Waals surface area contributed by atoms with Gasteiger partial charge < -0.3 is 15.8 Å². The van der Waals surface area contributed by atoms with E-state index < -0.39 is 0 Å². The third kappa shape index (κ3) is 3.99. The minimum Gasteiger partial charge on any atom is -0.491 e. The number of hydrogen-bond donors (Lipinski definition) is 2. The summed E-state index contributed by atoms with van der Waals surface area (Å²) in [5, 5.41) is 7.01. The number of rotatable bonds is 6. The van der Waals surface area contributed by atoms with Crippen molar-refractivity contribution in [2.24, 2.45) is 0 Å². The van der Waals surface area contributed by atoms with Crippen LogP contribution in [0.3, 0.4) is 0 Å². The van der Waals surface area contributed by atoms with Crippen molar-refractivity contribution in [3.8, 4) is 5.75 Å². The number of nitrogens with two attached hydrogens (primary N) is 1. The topological polar surface area (TPSA) is 64.3 Å². The molecule has 0 spiro atoms. The minimum absolute atomic E-state index is 0.0231. The summed E-state index contributed by atoms with van der Waals surface area (Å²) in [7, 11) is 0. The van der Waals surface area contributed by atoms with E-state index in [9.17, 15) is 4.79 Å². The molecule has 20 heavy (non-hydrogen) atoms. The Morgan fingerprint density at radius 1 is 1.35 bits per heavy atom. The van der Waals surface area contributed by atoms with Crippen LogP contribution in [0.2, 0.25) is 0 Å². The van der Waals surface area contributed by atoms with Gasteiger partial charge in [-0.1, -0.05) is 12.1 Å². The molecule has 4 nitrogen and oxygen atoms in total. The van der Waals surface area contributed by atoms with Gasteiger partial charge in [0.05, 0.1) is 18.7 Å². The van der Waals surface area contributed by atoms with Gasteiger partial charge in [-0.3, -0.25) is 4.79 Å². The first-order valence-electron chi connectivity index (χ1n) is 6.42. The molecule has 0 aliphatic carbocycles. The van der Waals surface area contributed by atoms with Crippen molar-refractivity contribution in [2.75, 3.05) is 12.3 Å². The highest BCUT2D eigenvalue weighted by atomic mass is 32.1. The zero-order chi connectivity index (χ0) is 14.4. The van der Waals surface area contributed by atoms with Crippen molar-refractivity contribution in [1.82, 2.24) is 5.32 Å². The lowest BCUT2D eigenvalue weighted by atomic mass is 10.2. The molecule has 1 amide bonds. The van der Waals surface area contributed by atoms with Crippen LogP contribution in [0, 0.1) is 6.92 Å². The Bertz CT molecular complexity index is 581. The molecule has 2 aromatic rings.